The molecule has 29 heavy (non-hydrogen) atoms. The van der Waals surface area contributed by atoms with E-state index in [1.54, 1.807) is 12.1 Å². The monoisotopic (exact) mass is 514 g/mol. The minimum atomic E-state index is -0.173. The van der Waals surface area contributed by atoms with Crippen LogP contribution in [0.1, 0.15) is 35.1 Å². The van der Waals surface area contributed by atoms with Gasteiger partial charge in [-0.2, -0.15) is 5.10 Å². The Hall–Kier alpha value is -2.30. The molecule has 9 heteroatoms. The molecule has 0 fully saturated rings. The summed E-state index contributed by atoms with van der Waals surface area (Å²) in [5.74, 6) is 0.700. The maximum absolute atomic E-state index is 12.0. The van der Waals surface area contributed by atoms with Gasteiger partial charge in [-0.3, -0.25) is 14.5 Å². The summed E-state index contributed by atoms with van der Waals surface area (Å²) in [6.07, 6.45) is 0.899. The van der Waals surface area contributed by atoms with Crippen LogP contribution in [0.25, 0.3) is 0 Å². The van der Waals surface area contributed by atoms with Gasteiger partial charge in [-0.25, -0.2) is 0 Å². The van der Waals surface area contributed by atoms with E-state index in [9.17, 15) is 9.90 Å². The maximum atomic E-state index is 12.0. The summed E-state index contributed by atoms with van der Waals surface area (Å²) in [6, 6.07) is 8.24. The lowest BCUT2D eigenvalue weighted by Crippen LogP contribution is -2.41. The number of aromatic nitrogens is 2. The largest absolute Gasteiger partial charge is 0.508 e. The molecule has 0 saturated heterocycles. The molecule has 1 aromatic heterocycles. The molecule has 0 unspecified atom stereocenters. The number of carbonyl (C=O) groups excluding carboxylic acids is 1. The number of halogens is 1. The molecule has 2 rings (SSSR count). The highest BCUT2D eigenvalue weighted by atomic mass is 127. The van der Waals surface area contributed by atoms with Crippen LogP contribution in [-0.4, -0.2) is 52.9 Å². The SMILES string of the molecule is CCNC(=NCCCn1nc(C)cc1C)NCCNC(=O)c1ccc(O)cc1.I. The Morgan fingerprint density at radius 1 is 1.14 bits per heavy atom. The number of guanidine groups is 1. The number of carbonyl (C=O) groups is 1. The van der Waals surface area contributed by atoms with E-state index in [0.717, 1.165) is 36.9 Å². The van der Waals surface area contributed by atoms with Crippen LogP contribution in [0.3, 0.4) is 0 Å². The average Bonchev–Trinajstić information content (AvgIpc) is 2.99. The molecule has 1 amide bonds. The molecule has 1 heterocycles. The summed E-state index contributed by atoms with van der Waals surface area (Å²) < 4.78 is 2.00. The van der Waals surface area contributed by atoms with E-state index in [4.69, 9.17) is 0 Å². The van der Waals surface area contributed by atoms with Crippen molar-refractivity contribution >= 4 is 35.8 Å². The molecular weight excluding hydrogens is 483 g/mol. The Labute approximate surface area is 189 Å². The van der Waals surface area contributed by atoms with Crippen molar-refractivity contribution in [3.8, 4) is 5.75 Å². The Balaban J connectivity index is 0.00000420. The van der Waals surface area contributed by atoms with Crippen molar-refractivity contribution < 1.29 is 9.90 Å². The zero-order valence-corrected chi connectivity index (χ0v) is 19.6. The quantitative estimate of drug-likeness (QED) is 0.178. The number of nitrogens with zero attached hydrogens (tertiary/aromatic N) is 3. The molecule has 0 aliphatic heterocycles. The molecule has 0 radical (unpaired) electrons. The maximum Gasteiger partial charge on any atom is 0.251 e. The minimum absolute atomic E-state index is 0. The highest BCUT2D eigenvalue weighted by Crippen LogP contribution is 2.09. The fourth-order valence-corrected chi connectivity index (χ4v) is 2.73. The second-order valence-corrected chi connectivity index (χ2v) is 6.49. The van der Waals surface area contributed by atoms with Gasteiger partial charge in [0.2, 0.25) is 0 Å². The molecule has 0 bridgehead atoms. The Kier molecular flexibility index (Phi) is 11.1. The number of hydrogen-bond acceptors (Lipinski definition) is 4. The van der Waals surface area contributed by atoms with E-state index in [-0.39, 0.29) is 35.6 Å². The third-order valence-electron chi connectivity index (χ3n) is 4.08. The smallest absolute Gasteiger partial charge is 0.251 e. The van der Waals surface area contributed by atoms with Gasteiger partial charge in [0, 0.05) is 44.0 Å². The number of aromatic hydroxyl groups is 1. The van der Waals surface area contributed by atoms with Gasteiger partial charge in [0.05, 0.1) is 5.69 Å². The van der Waals surface area contributed by atoms with Crippen LogP contribution >= 0.6 is 24.0 Å². The van der Waals surface area contributed by atoms with Crippen molar-refractivity contribution in [2.24, 2.45) is 4.99 Å². The number of amides is 1. The fraction of sp³-hybridized carbons (Fsp3) is 0.450. The summed E-state index contributed by atoms with van der Waals surface area (Å²) >= 11 is 0. The lowest BCUT2D eigenvalue weighted by Gasteiger charge is -2.12. The number of nitrogens with one attached hydrogen (secondary N) is 3. The molecule has 8 nitrogen and oxygen atoms in total. The van der Waals surface area contributed by atoms with Crippen LogP contribution in [-0.2, 0) is 6.54 Å². The van der Waals surface area contributed by atoms with Crippen LogP contribution < -0.4 is 16.0 Å². The predicted octanol–water partition coefficient (Wildman–Crippen LogP) is 2.20. The summed E-state index contributed by atoms with van der Waals surface area (Å²) in [4.78, 5) is 16.6. The van der Waals surface area contributed by atoms with Crippen molar-refractivity contribution in [1.29, 1.82) is 0 Å². The molecule has 0 aliphatic rings. The van der Waals surface area contributed by atoms with Gasteiger partial charge in [0.25, 0.3) is 5.91 Å². The van der Waals surface area contributed by atoms with Crippen LogP contribution in [0.4, 0.5) is 0 Å². The Bertz CT molecular complexity index is 789. The number of phenols is 1. The summed E-state index contributed by atoms with van der Waals surface area (Å²) in [7, 11) is 0. The number of hydrogen-bond donors (Lipinski definition) is 4. The van der Waals surface area contributed by atoms with E-state index in [0.29, 0.717) is 25.2 Å². The van der Waals surface area contributed by atoms with Gasteiger partial charge >= 0.3 is 0 Å². The lowest BCUT2D eigenvalue weighted by atomic mass is 10.2. The van der Waals surface area contributed by atoms with Crippen LogP contribution in [0.2, 0.25) is 0 Å². The Morgan fingerprint density at radius 2 is 1.83 bits per heavy atom. The van der Waals surface area contributed by atoms with Gasteiger partial charge in [-0.15, -0.1) is 24.0 Å². The minimum Gasteiger partial charge on any atom is -0.508 e. The van der Waals surface area contributed by atoms with E-state index >= 15 is 0 Å². The molecule has 0 saturated carbocycles. The first kappa shape index (κ1) is 24.7. The highest BCUT2D eigenvalue weighted by molar-refractivity contribution is 14.0. The van der Waals surface area contributed by atoms with Gasteiger partial charge in [0.15, 0.2) is 5.96 Å². The van der Waals surface area contributed by atoms with E-state index in [1.807, 2.05) is 18.5 Å². The third kappa shape index (κ3) is 8.71. The number of benzene rings is 1. The van der Waals surface area contributed by atoms with Crippen molar-refractivity contribution in [3.05, 3.63) is 47.3 Å². The molecule has 0 aliphatic carbocycles. The zero-order chi connectivity index (χ0) is 20.4. The molecule has 0 atom stereocenters. The number of aliphatic imine (C=N–C) groups is 1. The van der Waals surface area contributed by atoms with Gasteiger partial charge < -0.3 is 21.1 Å². The molecule has 160 valence electrons. The van der Waals surface area contributed by atoms with Gasteiger partial charge in [-0.05, 0) is 57.5 Å². The normalized spacial score (nSPS) is 10.9. The van der Waals surface area contributed by atoms with Crippen molar-refractivity contribution in [2.45, 2.75) is 33.7 Å². The number of phenolic OH excluding ortho intramolecular Hbond substituents is 1. The Morgan fingerprint density at radius 3 is 2.45 bits per heavy atom. The topological polar surface area (TPSA) is 104 Å². The van der Waals surface area contributed by atoms with Crippen molar-refractivity contribution in [2.75, 3.05) is 26.2 Å². The average molecular weight is 514 g/mol. The standard InChI is InChI=1S/C20H30N6O2.HI/c1-4-21-20(23-10-5-13-26-16(3)14-15(2)25-26)24-12-11-22-19(28)17-6-8-18(27)9-7-17;/h6-9,14,27H,4-5,10-13H2,1-3H3,(H,22,28)(H2,21,23,24);1H. The first-order valence-corrected chi connectivity index (χ1v) is 9.60. The van der Waals surface area contributed by atoms with Crippen LogP contribution in [0, 0.1) is 13.8 Å². The number of rotatable bonds is 9. The third-order valence-corrected chi connectivity index (χ3v) is 4.08. The fourth-order valence-electron chi connectivity index (χ4n) is 2.73. The lowest BCUT2D eigenvalue weighted by molar-refractivity contribution is 0.0954. The molecule has 4 N–H and O–H groups in total. The second-order valence-electron chi connectivity index (χ2n) is 6.49. The zero-order valence-electron chi connectivity index (χ0n) is 17.2. The van der Waals surface area contributed by atoms with Crippen LogP contribution in [0.5, 0.6) is 5.75 Å². The molecule has 0 spiro atoms. The first-order valence-electron chi connectivity index (χ1n) is 9.60. The summed E-state index contributed by atoms with van der Waals surface area (Å²) in [5, 5.41) is 23.0. The molecular formula is C20H31IN6O2. The van der Waals surface area contributed by atoms with Crippen molar-refractivity contribution in [3.63, 3.8) is 0 Å². The first-order chi connectivity index (χ1) is 13.5. The summed E-state index contributed by atoms with van der Waals surface area (Å²) in [5.41, 5.74) is 2.71. The van der Waals surface area contributed by atoms with E-state index in [2.05, 4.69) is 39.0 Å². The summed E-state index contributed by atoms with van der Waals surface area (Å²) in [6.45, 7) is 9.39. The van der Waals surface area contributed by atoms with E-state index in [1.165, 1.54) is 12.1 Å². The van der Waals surface area contributed by atoms with Crippen LogP contribution in [0.15, 0.2) is 35.3 Å². The van der Waals surface area contributed by atoms with E-state index < -0.39 is 0 Å². The van der Waals surface area contributed by atoms with Gasteiger partial charge in [0.1, 0.15) is 5.75 Å². The van der Waals surface area contributed by atoms with Gasteiger partial charge in [-0.1, -0.05) is 0 Å². The van der Waals surface area contributed by atoms with Crippen molar-refractivity contribution in [1.82, 2.24) is 25.7 Å². The number of aryl methyl sites for hydroxylation is 3. The highest BCUT2D eigenvalue weighted by Gasteiger charge is 2.05. The molecule has 2 aromatic rings. The second kappa shape index (κ2) is 13.0. The molecule has 1 aromatic carbocycles. The predicted molar refractivity (Wildman–Crippen MR) is 126 cm³/mol.